The lowest BCUT2D eigenvalue weighted by Gasteiger charge is -2.34. The second-order valence-corrected chi connectivity index (χ2v) is 10.9. The number of ether oxygens (including phenoxy) is 1. The lowest BCUT2D eigenvalue weighted by Crippen LogP contribution is -2.42. The molecule has 0 bridgehead atoms. The predicted molar refractivity (Wildman–Crippen MR) is 127 cm³/mol. The standard InChI is InChI=1S/C25H32N2O5S/c1-6-11-27-19(4)13-23(20(27)5)24(28)16-32-25(29)21-7-9-22(10-8-21)33(30,31)26-14-17(2)12-18(3)15-26/h6-10,13,17-18H,1,11-12,14-16H2,2-5H3. The summed E-state index contributed by atoms with van der Waals surface area (Å²) in [6.07, 6.45) is 2.76. The highest BCUT2D eigenvalue weighted by Gasteiger charge is 2.31. The topological polar surface area (TPSA) is 85.7 Å². The van der Waals surface area contributed by atoms with Crippen LogP contribution in [0.5, 0.6) is 0 Å². The molecule has 8 heteroatoms. The number of hydrogen-bond donors (Lipinski definition) is 0. The van der Waals surface area contributed by atoms with E-state index in [2.05, 4.69) is 20.4 Å². The third-order valence-electron chi connectivity index (χ3n) is 6.08. The first-order valence-electron chi connectivity index (χ1n) is 11.1. The Morgan fingerprint density at radius 3 is 2.30 bits per heavy atom. The molecule has 0 saturated carbocycles. The number of aromatic nitrogens is 1. The van der Waals surface area contributed by atoms with Crippen molar-refractivity contribution in [1.82, 2.24) is 8.87 Å². The molecule has 0 N–H and O–H groups in total. The molecule has 0 radical (unpaired) electrons. The van der Waals surface area contributed by atoms with Gasteiger partial charge in [-0.05, 0) is 62.4 Å². The van der Waals surface area contributed by atoms with Gasteiger partial charge in [-0.1, -0.05) is 19.9 Å². The summed E-state index contributed by atoms with van der Waals surface area (Å²) in [5.41, 5.74) is 2.42. The van der Waals surface area contributed by atoms with Gasteiger partial charge in [-0.25, -0.2) is 13.2 Å². The molecule has 2 atom stereocenters. The van der Waals surface area contributed by atoms with E-state index in [0.717, 1.165) is 17.8 Å². The van der Waals surface area contributed by atoms with Crippen molar-refractivity contribution in [1.29, 1.82) is 0 Å². The fourth-order valence-corrected chi connectivity index (χ4v) is 6.18. The number of benzene rings is 1. The van der Waals surface area contributed by atoms with Crippen LogP contribution in [0.3, 0.4) is 0 Å². The highest BCUT2D eigenvalue weighted by Crippen LogP contribution is 2.27. The Morgan fingerprint density at radius 1 is 1.12 bits per heavy atom. The van der Waals surface area contributed by atoms with Crippen LogP contribution in [-0.4, -0.2) is 48.7 Å². The average molecular weight is 473 g/mol. The summed E-state index contributed by atoms with van der Waals surface area (Å²) in [5, 5.41) is 0. The molecule has 2 aromatic rings. The summed E-state index contributed by atoms with van der Waals surface area (Å²) in [6.45, 7) is 12.8. The number of allylic oxidation sites excluding steroid dienone is 1. The van der Waals surface area contributed by atoms with E-state index in [4.69, 9.17) is 4.74 Å². The zero-order valence-electron chi connectivity index (χ0n) is 19.7. The zero-order valence-corrected chi connectivity index (χ0v) is 20.5. The Bertz CT molecular complexity index is 1140. The van der Waals surface area contributed by atoms with Crippen molar-refractivity contribution in [2.75, 3.05) is 19.7 Å². The number of piperidine rings is 1. The number of carbonyl (C=O) groups is 2. The Kier molecular flexibility index (Phi) is 7.59. The molecule has 1 aromatic carbocycles. The van der Waals surface area contributed by atoms with Crippen molar-refractivity contribution in [2.24, 2.45) is 11.8 Å². The molecule has 1 aliphatic rings. The average Bonchev–Trinajstić information content (AvgIpc) is 3.05. The van der Waals surface area contributed by atoms with Gasteiger partial charge in [-0.15, -0.1) is 6.58 Å². The number of ketones is 1. The fraction of sp³-hybridized carbons (Fsp3) is 0.440. The minimum absolute atomic E-state index is 0.145. The van der Waals surface area contributed by atoms with Crippen molar-refractivity contribution in [3.8, 4) is 0 Å². The van der Waals surface area contributed by atoms with E-state index in [9.17, 15) is 18.0 Å². The molecule has 0 spiro atoms. The second kappa shape index (κ2) is 10.1. The lowest BCUT2D eigenvalue weighted by atomic mass is 9.94. The van der Waals surface area contributed by atoms with Gasteiger partial charge in [-0.2, -0.15) is 4.31 Å². The highest BCUT2D eigenvalue weighted by atomic mass is 32.2. The van der Waals surface area contributed by atoms with Crippen molar-refractivity contribution < 1.29 is 22.7 Å². The van der Waals surface area contributed by atoms with Gasteiger partial charge in [0.25, 0.3) is 0 Å². The molecular formula is C25H32N2O5S. The van der Waals surface area contributed by atoms with E-state index in [-0.39, 0.29) is 22.8 Å². The molecule has 33 heavy (non-hydrogen) atoms. The van der Waals surface area contributed by atoms with Gasteiger partial charge in [-0.3, -0.25) is 4.79 Å². The lowest BCUT2D eigenvalue weighted by molar-refractivity contribution is 0.0474. The van der Waals surface area contributed by atoms with Crippen LogP contribution in [0.1, 0.15) is 52.4 Å². The molecular weight excluding hydrogens is 440 g/mol. The number of carbonyl (C=O) groups excluding carboxylic acids is 2. The predicted octanol–water partition coefficient (Wildman–Crippen LogP) is 4.00. The Balaban J connectivity index is 1.65. The minimum atomic E-state index is -3.63. The summed E-state index contributed by atoms with van der Waals surface area (Å²) < 4.78 is 34.7. The SMILES string of the molecule is C=CCn1c(C)cc(C(=O)COC(=O)c2ccc(S(=O)(=O)N3CC(C)CC(C)C3)cc2)c1C. The van der Waals surface area contributed by atoms with Crippen LogP contribution < -0.4 is 0 Å². The van der Waals surface area contributed by atoms with E-state index in [1.807, 2.05) is 18.4 Å². The molecule has 0 amide bonds. The van der Waals surface area contributed by atoms with Crippen molar-refractivity contribution in [3.05, 3.63) is 65.5 Å². The van der Waals surface area contributed by atoms with Gasteiger partial charge in [0.05, 0.1) is 10.5 Å². The largest absolute Gasteiger partial charge is 0.454 e. The van der Waals surface area contributed by atoms with Crippen LogP contribution in [-0.2, 0) is 21.3 Å². The van der Waals surface area contributed by atoms with E-state index < -0.39 is 16.0 Å². The minimum Gasteiger partial charge on any atom is -0.454 e. The maximum absolute atomic E-state index is 13.0. The monoisotopic (exact) mass is 472 g/mol. The molecule has 2 unspecified atom stereocenters. The maximum atomic E-state index is 13.0. The smallest absolute Gasteiger partial charge is 0.338 e. The first-order chi connectivity index (χ1) is 15.5. The van der Waals surface area contributed by atoms with Gasteiger partial charge in [0.1, 0.15) is 0 Å². The normalized spacial score (nSPS) is 19.3. The van der Waals surface area contributed by atoms with Gasteiger partial charge < -0.3 is 9.30 Å². The number of nitrogens with zero attached hydrogens (tertiary/aromatic N) is 2. The van der Waals surface area contributed by atoms with Crippen LogP contribution in [0.25, 0.3) is 0 Å². The summed E-state index contributed by atoms with van der Waals surface area (Å²) in [4.78, 5) is 25.2. The molecule has 2 heterocycles. The van der Waals surface area contributed by atoms with Crippen molar-refractivity contribution in [2.45, 2.75) is 45.6 Å². The quantitative estimate of drug-likeness (QED) is 0.329. The van der Waals surface area contributed by atoms with Gasteiger partial charge >= 0.3 is 5.97 Å². The number of hydrogen-bond acceptors (Lipinski definition) is 5. The Labute approximate surface area is 196 Å². The number of Topliss-reactive ketones (excluding diaryl/α,β-unsaturated/α-hetero) is 1. The fourth-order valence-electron chi connectivity index (χ4n) is 4.50. The number of sulfonamides is 1. The number of rotatable bonds is 8. The Hall–Kier alpha value is -2.71. The van der Waals surface area contributed by atoms with E-state index >= 15 is 0 Å². The van der Waals surface area contributed by atoms with Crippen LogP contribution in [0.15, 0.2) is 47.9 Å². The third kappa shape index (κ3) is 5.45. The molecule has 3 rings (SSSR count). The summed E-state index contributed by atoms with van der Waals surface area (Å²) >= 11 is 0. The zero-order chi connectivity index (χ0) is 24.3. The van der Waals surface area contributed by atoms with Crippen LogP contribution in [0.4, 0.5) is 0 Å². The van der Waals surface area contributed by atoms with Crippen molar-refractivity contribution in [3.63, 3.8) is 0 Å². The van der Waals surface area contributed by atoms with Crippen LogP contribution in [0.2, 0.25) is 0 Å². The number of esters is 1. The molecule has 7 nitrogen and oxygen atoms in total. The molecule has 1 fully saturated rings. The summed E-state index contributed by atoms with van der Waals surface area (Å²) in [5.74, 6) is -0.362. The highest BCUT2D eigenvalue weighted by molar-refractivity contribution is 7.89. The van der Waals surface area contributed by atoms with E-state index in [0.29, 0.717) is 37.0 Å². The first kappa shape index (κ1) is 24.9. The van der Waals surface area contributed by atoms with Crippen LogP contribution in [0, 0.1) is 25.7 Å². The molecule has 178 valence electrons. The molecule has 1 aromatic heterocycles. The second-order valence-electron chi connectivity index (χ2n) is 8.98. The summed E-state index contributed by atoms with van der Waals surface area (Å²) in [6, 6.07) is 7.46. The molecule has 1 saturated heterocycles. The number of aryl methyl sites for hydroxylation is 1. The maximum Gasteiger partial charge on any atom is 0.338 e. The van der Waals surface area contributed by atoms with Crippen molar-refractivity contribution >= 4 is 21.8 Å². The van der Waals surface area contributed by atoms with Gasteiger partial charge in [0.2, 0.25) is 15.8 Å². The first-order valence-corrected chi connectivity index (χ1v) is 12.6. The van der Waals surface area contributed by atoms with Gasteiger partial charge in [0.15, 0.2) is 6.61 Å². The third-order valence-corrected chi connectivity index (χ3v) is 7.93. The summed E-state index contributed by atoms with van der Waals surface area (Å²) in [7, 11) is -3.63. The molecule has 0 aliphatic carbocycles. The van der Waals surface area contributed by atoms with Gasteiger partial charge in [0, 0.05) is 36.6 Å². The Morgan fingerprint density at radius 2 is 1.73 bits per heavy atom. The van der Waals surface area contributed by atoms with Crippen LogP contribution >= 0.6 is 0 Å². The van der Waals surface area contributed by atoms with E-state index in [1.165, 1.54) is 28.6 Å². The van der Waals surface area contributed by atoms with E-state index in [1.54, 1.807) is 12.1 Å². The molecule has 1 aliphatic heterocycles.